The fraction of sp³-hybridized carbons (Fsp3) is 0.909. The first kappa shape index (κ1) is 11.9. The molecule has 82 valence electrons. The molecule has 1 aliphatic heterocycles. The van der Waals surface area contributed by atoms with Crippen LogP contribution in [0.5, 0.6) is 0 Å². The van der Waals surface area contributed by atoms with Gasteiger partial charge in [-0.05, 0) is 23.5 Å². The number of hydrogen-bond donors (Lipinski definition) is 1. The van der Waals surface area contributed by atoms with Crippen molar-refractivity contribution in [2.24, 2.45) is 11.3 Å². The van der Waals surface area contributed by atoms with Crippen molar-refractivity contribution in [3.8, 4) is 0 Å². The highest BCUT2D eigenvalue weighted by Gasteiger charge is 2.33. The maximum Gasteiger partial charge on any atom is 0.223 e. The molecule has 0 aromatic rings. The fourth-order valence-corrected chi connectivity index (χ4v) is 2.14. The van der Waals surface area contributed by atoms with E-state index in [1.54, 1.807) is 0 Å². The quantitative estimate of drug-likeness (QED) is 0.700. The minimum atomic E-state index is 0.270. The predicted octanol–water partition coefficient (Wildman–Crippen LogP) is 2.20. The van der Waals surface area contributed by atoms with E-state index in [0.29, 0.717) is 23.5 Å². The lowest BCUT2D eigenvalue weighted by Gasteiger charge is -2.26. The van der Waals surface area contributed by atoms with E-state index >= 15 is 0 Å². The third kappa shape index (κ3) is 2.91. The van der Waals surface area contributed by atoms with Gasteiger partial charge in [-0.2, -0.15) is 12.6 Å². The lowest BCUT2D eigenvalue weighted by atomic mass is 9.80. The first-order chi connectivity index (χ1) is 6.45. The molecule has 1 rings (SSSR count). The molecule has 1 unspecified atom stereocenters. The summed E-state index contributed by atoms with van der Waals surface area (Å²) in [5.74, 6) is 1.59. The van der Waals surface area contributed by atoms with E-state index in [9.17, 15) is 4.79 Å². The summed E-state index contributed by atoms with van der Waals surface area (Å²) in [7, 11) is 0. The summed E-state index contributed by atoms with van der Waals surface area (Å²) in [5.41, 5.74) is 0.329. The summed E-state index contributed by atoms with van der Waals surface area (Å²) in [6.07, 6.45) is 1.74. The van der Waals surface area contributed by atoms with Gasteiger partial charge in [-0.15, -0.1) is 0 Å². The van der Waals surface area contributed by atoms with Gasteiger partial charge in [0.1, 0.15) is 0 Å². The summed E-state index contributed by atoms with van der Waals surface area (Å²) in [5, 5.41) is 0. The molecule has 1 amide bonds. The van der Waals surface area contributed by atoms with Crippen LogP contribution in [0.2, 0.25) is 0 Å². The number of hydrogen-bond acceptors (Lipinski definition) is 2. The molecule has 1 heterocycles. The van der Waals surface area contributed by atoms with Gasteiger partial charge in [0, 0.05) is 19.5 Å². The van der Waals surface area contributed by atoms with Gasteiger partial charge >= 0.3 is 0 Å². The Hall–Kier alpha value is -0.180. The number of carbonyl (C=O) groups is 1. The number of likely N-dealkylation sites (tertiary alicyclic amines) is 1. The molecule has 1 atom stereocenters. The topological polar surface area (TPSA) is 20.3 Å². The van der Waals surface area contributed by atoms with Crippen LogP contribution in [0.25, 0.3) is 0 Å². The van der Waals surface area contributed by atoms with Gasteiger partial charge in [-0.3, -0.25) is 4.79 Å². The van der Waals surface area contributed by atoms with Crippen LogP contribution in [0, 0.1) is 11.3 Å². The van der Waals surface area contributed by atoms with Crippen LogP contribution in [0.3, 0.4) is 0 Å². The van der Waals surface area contributed by atoms with Crippen LogP contribution >= 0.6 is 12.6 Å². The van der Waals surface area contributed by atoms with Gasteiger partial charge < -0.3 is 4.90 Å². The van der Waals surface area contributed by atoms with Crippen molar-refractivity contribution in [1.29, 1.82) is 0 Å². The lowest BCUT2D eigenvalue weighted by molar-refractivity contribution is -0.129. The smallest absolute Gasteiger partial charge is 0.223 e. The van der Waals surface area contributed by atoms with Gasteiger partial charge in [-0.1, -0.05) is 20.8 Å². The average molecular weight is 215 g/mol. The second-order valence-corrected chi connectivity index (χ2v) is 5.61. The first-order valence-corrected chi connectivity index (χ1v) is 5.97. The first-order valence-electron chi connectivity index (χ1n) is 5.34. The molecule has 1 fully saturated rings. The summed E-state index contributed by atoms with van der Waals surface area (Å²) >= 11 is 4.08. The van der Waals surface area contributed by atoms with Crippen LogP contribution in [-0.2, 0) is 4.79 Å². The van der Waals surface area contributed by atoms with Crippen LogP contribution in [0.1, 0.15) is 33.6 Å². The van der Waals surface area contributed by atoms with Crippen LogP contribution in [-0.4, -0.2) is 29.6 Å². The van der Waals surface area contributed by atoms with E-state index in [-0.39, 0.29) is 5.91 Å². The number of nitrogens with zero attached hydrogens (tertiary/aromatic N) is 1. The monoisotopic (exact) mass is 215 g/mol. The molecule has 0 saturated carbocycles. The Balaban J connectivity index is 2.45. The molecule has 0 aliphatic carbocycles. The second-order valence-electron chi connectivity index (χ2n) is 5.16. The van der Waals surface area contributed by atoms with Gasteiger partial charge in [-0.25, -0.2) is 0 Å². The Labute approximate surface area is 92.5 Å². The molecule has 0 bridgehead atoms. The lowest BCUT2D eigenvalue weighted by Crippen LogP contribution is -2.31. The number of thiol groups is 1. The number of rotatable bonds is 2. The zero-order valence-electron chi connectivity index (χ0n) is 9.42. The average Bonchev–Trinajstić information content (AvgIpc) is 2.51. The van der Waals surface area contributed by atoms with E-state index in [0.717, 1.165) is 19.5 Å². The number of amides is 1. The largest absolute Gasteiger partial charge is 0.342 e. The minimum absolute atomic E-state index is 0.270. The van der Waals surface area contributed by atoms with Crippen LogP contribution < -0.4 is 0 Å². The summed E-state index contributed by atoms with van der Waals surface area (Å²) in [6, 6.07) is 0. The highest BCUT2D eigenvalue weighted by Crippen LogP contribution is 2.33. The van der Waals surface area contributed by atoms with Gasteiger partial charge in [0.05, 0.1) is 0 Å². The van der Waals surface area contributed by atoms with Crippen molar-refractivity contribution in [3.05, 3.63) is 0 Å². The van der Waals surface area contributed by atoms with Crippen molar-refractivity contribution in [2.75, 3.05) is 18.8 Å². The highest BCUT2D eigenvalue weighted by atomic mass is 32.1. The van der Waals surface area contributed by atoms with E-state index in [4.69, 9.17) is 0 Å². The number of carbonyl (C=O) groups excluding carboxylic acids is 1. The molecule has 1 saturated heterocycles. The van der Waals surface area contributed by atoms with E-state index < -0.39 is 0 Å². The normalized spacial score (nSPS) is 22.9. The second kappa shape index (κ2) is 4.56. The van der Waals surface area contributed by atoms with Crippen LogP contribution in [0.4, 0.5) is 0 Å². The Morgan fingerprint density at radius 3 is 2.57 bits per heavy atom. The zero-order valence-corrected chi connectivity index (χ0v) is 10.3. The molecule has 0 radical (unpaired) electrons. The standard InChI is InChI=1S/C11H21NOS/c1-11(2,3)9-4-6-12(8-9)10(13)5-7-14/h9,14H,4-8H2,1-3H3. The van der Waals surface area contributed by atoms with Crippen molar-refractivity contribution in [2.45, 2.75) is 33.6 Å². The Morgan fingerprint density at radius 1 is 1.50 bits per heavy atom. The van der Waals surface area contributed by atoms with Crippen LogP contribution in [0.15, 0.2) is 0 Å². The maximum absolute atomic E-state index is 11.6. The van der Waals surface area contributed by atoms with Gasteiger partial charge in [0.2, 0.25) is 5.91 Å². The molecule has 1 aliphatic rings. The Morgan fingerprint density at radius 2 is 2.14 bits per heavy atom. The Bertz CT molecular complexity index is 210. The van der Waals surface area contributed by atoms with Crippen molar-refractivity contribution in [3.63, 3.8) is 0 Å². The fourth-order valence-electron chi connectivity index (χ4n) is 1.95. The third-order valence-electron chi connectivity index (χ3n) is 3.09. The van der Waals surface area contributed by atoms with Gasteiger partial charge in [0.15, 0.2) is 0 Å². The molecule has 0 N–H and O–H groups in total. The highest BCUT2D eigenvalue weighted by molar-refractivity contribution is 7.80. The summed E-state index contributed by atoms with van der Waals surface area (Å²) < 4.78 is 0. The molecule has 0 spiro atoms. The molecule has 3 heteroatoms. The van der Waals surface area contributed by atoms with Crippen molar-refractivity contribution < 1.29 is 4.79 Å². The molecule has 2 nitrogen and oxygen atoms in total. The van der Waals surface area contributed by atoms with E-state index in [1.165, 1.54) is 0 Å². The minimum Gasteiger partial charge on any atom is -0.342 e. The molecule has 0 aromatic heterocycles. The molecule has 14 heavy (non-hydrogen) atoms. The predicted molar refractivity (Wildman–Crippen MR) is 62.6 cm³/mol. The third-order valence-corrected chi connectivity index (χ3v) is 3.31. The van der Waals surface area contributed by atoms with E-state index in [2.05, 4.69) is 33.4 Å². The Kier molecular flexibility index (Phi) is 3.87. The zero-order chi connectivity index (χ0) is 10.8. The molecular weight excluding hydrogens is 194 g/mol. The SMILES string of the molecule is CC(C)(C)C1CCN(C(=O)CCS)C1. The molecule has 0 aromatic carbocycles. The van der Waals surface area contributed by atoms with Crippen molar-refractivity contribution in [1.82, 2.24) is 4.90 Å². The molecular formula is C11H21NOS. The maximum atomic E-state index is 11.6. The van der Waals surface area contributed by atoms with Crippen molar-refractivity contribution >= 4 is 18.5 Å². The van der Waals surface area contributed by atoms with E-state index in [1.807, 2.05) is 4.90 Å². The summed E-state index contributed by atoms with van der Waals surface area (Å²) in [6.45, 7) is 8.64. The summed E-state index contributed by atoms with van der Waals surface area (Å²) in [4.78, 5) is 13.6. The van der Waals surface area contributed by atoms with Gasteiger partial charge in [0.25, 0.3) is 0 Å².